The molecule has 2 bridgehead atoms. The van der Waals surface area contributed by atoms with Crippen molar-refractivity contribution in [3.8, 4) is 11.3 Å². The Hall–Kier alpha value is -2.05. The fourth-order valence-electron chi connectivity index (χ4n) is 8.42. The van der Waals surface area contributed by atoms with E-state index >= 15 is 0 Å². The average molecular weight is 653 g/mol. The van der Waals surface area contributed by atoms with Crippen LogP contribution in [-0.4, -0.2) is 110 Å². The van der Waals surface area contributed by atoms with Crippen LogP contribution < -0.4 is 0 Å². The Labute approximate surface area is 272 Å². The van der Waals surface area contributed by atoms with E-state index in [1.54, 1.807) is 11.3 Å². The Balaban J connectivity index is 1.12. The van der Waals surface area contributed by atoms with Crippen molar-refractivity contribution in [2.45, 2.75) is 70.9 Å². The quantitative estimate of drug-likeness (QED) is 0.238. The topological polar surface area (TPSA) is 100 Å². The average Bonchev–Trinajstić information content (AvgIpc) is 3.81. The van der Waals surface area contributed by atoms with Gasteiger partial charge < -0.3 is 9.88 Å². The molecule has 0 amide bonds. The van der Waals surface area contributed by atoms with Crippen LogP contribution in [-0.2, 0) is 10.2 Å². The van der Waals surface area contributed by atoms with Crippen LogP contribution in [0.15, 0.2) is 24.3 Å². The summed E-state index contributed by atoms with van der Waals surface area (Å²) in [4.78, 5) is 41.0. The van der Waals surface area contributed by atoms with Gasteiger partial charge >= 0.3 is 0 Å². The monoisotopic (exact) mass is 652 g/mol. The second-order valence-electron chi connectivity index (χ2n) is 14.6. The summed E-state index contributed by atoms with van der Waals surface area (Å²) >= 11 is 1.63. The maximum absolute atomic E-state index is 14.2. The van der Waals surface area contributed by atoms with Crippen LogP contribution in [0.3, 0.4) is 0 Å². The van der Waals surface area contributed by atoms with Crippen LogP contribution in [0, 0.1) is 19.8 Å². The Morgan fingerprint density at radius 3 is 2.24 bits per heavy atom. The second kappa shape index (κ2) is 11.9. The molecule has 3 N–H and O–H groups in total. The number of Topliss-reactive ketones (excluding diaryl/α,β-unsaturated/α-hetero) is 2. The molecule has 0 spiro atoms. The lowest BCUT2D eigenvalue weighted by Gasteiger charge is -2.38. The van der Waals surface area contributed by atoms with Gasteiger partial charge in [0.1, 0.15) is 4.83 Å². The minimum Gasteiger partial charge on any atom is -0.346 e. The summed E-state index contributed by atoms with van der Waals surface area (Å²) in [7, 11) is -2.40. The van der Waals surface area contributed by atoms with Crippen LogP contribution in [0.1, 0.15) is 65.9 Å². The Morgan fingerprint density at radius 2 is 1.64 bits per heavy atom. The third-order valence-electron chi connectivity index (χ3n) is 11.0. The van der Waals surface area contributed by atoms with Gasteiger partial charge in [0, 0.05) is 61.2 Å². The summed E-state index contributed by atoms with van der Waals surface area (Å²) in [6, 6.07) is 8.87. The largest absolute Gasteiger partial charge is 0.346 e. The molecule has 2 atom stereocenters. The van der Waals surface area contributed by atoms with E-state index in [2.05, 4.69) is 71.6 Å². The van der Waals surface area contributed by atoms with Crippen molar-refractivity contribution in [3.05, 3.63) is 45.8 Å². The van der Waals surface area contributed by atoms with Crippen LogP contribution in [0.4, 0.5) is 0 Å². The molecule has 244 valence electrons. The molecule has 45 heavy (non-hydrogen) atoms. The van der Waals surface area contributed by atoms with Crippen LogP contribution in [0.5, 0.6) is 0 Å². The van der Waals surface area contributed by atoms with Crippen molar-refractivity contribution < 1.29 is 18.7 Å². The number of nitrogens with one attached hydrogen (secondary N) is 1. The fourth-order valence-corrected chi connectivity index (χ4v) is 11.4. The van der Waals surface area contributed by atoms with Crippen molar-refractivity contribution >= 4 is 43.7 Å². The molecule has 0 aliphatic carbocycles. The number of piperidine rings is 1. The molecule has 4 fully saturated rings. The summed E-state index contributed by atoms with van der Waals surface area (Å²) < 4.78 is 20.2. The highest BCUT2D eigenvalue weighted by atomic mass is 32.3. The van der Waals surface area contributed by atoms with Crippen LogP contribution in [0.2, 0.25) is 0 Å². The standard InChI is InChI=1S/C35H48N4O4S2/c1-22-17-23(2)19-25(18-22)31-30(28(40)7-9-37-12-14-38(15-13-37)26-8-16-45(42,43)21-26)27-20-29(44-34(27)36-31)35(3,4)33(41)32-24-5-10-39(32)11-6-24/h17-20,24,26,32,36,42-43H,5-16,21H2,1-4H3. The molecule has 4 saturated heterocycles. The molecule has 0 radical (unpaired) electrons. The number of H-pyrrole nitrogens is 1. The van der Waals surface area contributed by atoms with Crippen LogP contribution >= 0.6 is 21.9 Å². The number of nitrogens with zero attached hydrogens (tertiary/aromatic N) is 3. The van der Waals surface area contributed by atoms with Gasteiger partial charge in [-0.25, -0.2) is 0 Å². The fraction of sp³-hybridized carbons (Fsp3) is 0.600. The van der Waals surface area contributed by atoms with Gasteiger partial charge in [-0.3, -0.25) is 28.5 Å². The van der Waals surface area contributed by atoms with E-state index in [-0.39, 0.29) is 17.9 Å². The predicted octanol–water partition coefficient (Wildman–Crippen LogP) is 6.17. The van der Waals surface area contributed by atoms with Crippen molar-refractivity contribution in [1.82, 2.24) is 19.7 Å². The number of aromatic nitrogens is 1. The first-order chi connectivity index (χ1) is 21.4. The van der Waals surface area contributed by atoms with E-state index < -0.39 is 16.0 Å². The van der Waals surface area contributed by atoms with E-state index in [4.69, 9.17) is 0 Å². The number of hydrogen-bond donors (Lipinski definition) is 3. The summed E-state index contributed by atoms with van der Waals surface area (Å²) in [6.45, 7) is 14.6. The van der Waals surface area contributed by atoms with Gasteiger partial charge in [0.05, 0.1) is 28.5 Å². The van der Waals surface area contributed by atoms with Gasteiger partial charge in [-0.15, -0.1) is 11.3 Å². The first-order valence-corrected chi connectivity index (χ1v) is 19.4. The minimum absolute atomic E-state index is 0.0255. The van der Waals surface area contributed by atoms with E-state index in [1.807, 2.05) is 0 Å². The van der Waals surface area contributed by atoms with E-state index in [1.165, 1.54) is 0 Å². The summed E-state index contributed by atoms with van der Waals surface area (Å²) in [6.07, 6.45) is 3.54. The molecule has 6 heterocycles. The number of thiophene rings is 1. The molecular weight excluding hydrogens is 605 g/mol. The second-order valence-corrected chi connectivity index (χ2v) is 18.0. The van der Waals surface area contributed by atoms with Crippen molar-refractivity contribution in [1.29, 1.82) is 0 Å². The third-order valence-corrected chi connectivity index (χ3v) is 14.2. The zero-order valence-electron chi connectivity index (χ0n) is 27.1. The van der Waals surface area contributed by atoms with E-state index in [0.717, 1.165) is 102 Å². The maximum atomic E-state index is 14.2. The number of rotatable bonds is 9. The zero-order valence-corrected chi connectivity index (χ0v) is 28.7. The molecule has 0 saturated carbocycles. The van der Waals surface area contributed by atoms with Gasteiger partial charge in [0.2, 0.25) is 0 Å². The highest BCUT2D eigenvalue weighted by Gasteiger charge is 2.49. The number of ketones is 2. The molecule has 1 aromatic carbocycles. The molecule has 10 heteroatoms. The number of benzene rings is 1. The highest BCUT2D eigenvalue weighted by molar-refractivity contribution is 8.24. The number of carbonyl (C=O) groups is 2. The molecule has 2 aromatic heterocycles. The molecule has 3 aromatic rings. The summed E-state index contributed by atoms with van der Waals surface area (Å²) in [5.74, 6) is 1.96. The minimum atomic E-state index is -2.40. The predicted molar refractivity (Wildman–Crippen MR) is 185 cm³/mol. The number of fused-ring (bicyclic) bond motifs is 3. The number of aryl methyl sites for hydroxylation is 2. The highest BCUT2D eigenvalue weighted by Crippen LogP contribution is 2.47. The molecule has 4 aliphatic heterocycles. The van der Waals surface area contributed by atoms with Crippen molar-refractivity contribution in [2.75, 3.05) is 57.3 Å². The Kier molecular flexibility index (Phi) is 8.33. The first kappa shape index (κ1) is 31.5. The van der Waals surface area contributed by atoms with Crippen LogP contribution in [0.25, 0.3) is 21.5 Å². The first-order valence-electron chi connectivity index (χ1n) is 16.7. The lowest BCUT2D eigenvalue weighted by molar-refractivity contribution is -0.127. The zero-order chi connectivity index (χ0) is 31.7. The molecule has 2 unspecified atom stereocenters. The van der Waals surface area contributed by atoms with Gasteiger partial charge in [0.25, 0.3) is 0 Å². The Morgan fingerprint density at radius 1 is 0.956 bits per heavy atom. The molecular formula is C35H48N4O4S2. The van der Waals surface area contributed by atoms with Crippen molar-refractivity contribution in [3.63, 3.8) is 0 Å². The van der Waals surface area contributed by atoms with Gasteiger partial charge in [0.15, 0.2) is 11.6 Å². The molecule has 7 rings (SSSR count). The SMILES string of the molecule is Cc1cc(C)cc(-c2[nH]c3sc(C(C)(C)C(=O)C4C5CCN4CC5)cc3c2C(=O)CCN2CCN(C3CCS(O)(O)C3)CC2)c1. The van der Waals surface area contributed by atoms with Crippen molar-refractivity contribution in [2.24, 2.45) is 5.92 Å². The number of hydrogen-bond acceptors (Lipinski definition) is 8. The Bertz CT molecular complexity index is 1580. The van der Waals surface area contributed by atoms with E-state index in [9.17, 15) is 18.7 Å². The normalized spacial score (nSPS) is 27.9. The molecule has 4 aliphatic rings. The lowest BCUT2D eigenvalue weighted by atomic mass is 9.79. The van der Waals surface area contributed by atoms with Gasteiger partial charge in [-0.1, -0.05) is 17.2 Å². The molecule has 8 nitrogen and oxygen atoms in total. The summed E-state index contributed by atoms with van der Waals surface area (Å²) in [5, 5.41) is 0.940. The maximum Gasteiger partial charge on any atom is 0.166 e. The van der Waals surface area contributed by atoms with Gasteiger partial charge in [-0.2, -0.15) is 10.6 Å². The number of aromatic amines is 1. The third kappa shape index (κ3) is 5.96. The smallest absolute Gasteiger partial charge is 0.166 e. The van der Waals surface area contributed by atoms with E-state index in [0.29, 0.717) is 36.2 Å². The lowest BCUT2D eigenvalue weighted by Crippen LogP contribution is -2.50. The summed E-state index contributed by atoms with van der Waals surface area (Å²) in [5.41, 5.74) is 4.37. The number of carbonyl (C=O) groups excluding carboxylic acids is 2. The number of piperazine rings is 1. The van der Waals surface area contributed by atoms with Gasteiger partial charge in [-0.05, 0) is 89.7 Å².